The summed E-state index contributed by atoms with van der Waals surface area (Å²) in [6.45, 7) is 3.31. The number of aromatic nitrogens is 1. The van der Waals surface area contributed by atoms with Crippen LogP contribution >= 0.6 is 0 Å². The molecule has 15 heavy (non-hydrogen) atoms. The molecule has 1 unspecified atom stereocenters. The van der Waals surface area contributed by atoms with Crippen LogP contribution in [0.25, 0.3) is 5.57 Å². The normalized spacial score (nSPS) is 24.2. The fourth-order valence-corrected chi connectivity index (χ4v) is 2.79. The molecule has 0 amide bonds. The number of nitrogens with one attached hydrogen (secondary N) is 1. The van der Waals surface area contributed by atoms with E-state index in [0.717, 1.165) is 6.54 Å². The fourth-order valence-electron chi connectivity index (χ4n) is 2.79. The van der Waals surface area contributed by atoms with E-state index in [1.165, 1.54) is 41.7 Å². The number of nitrogens with zero attached hydrogens (tertiary/aromatic N) is 1. The average molecular weight is 200 g/mol. The molecule has 2 nitrogen and oxygen atoms in total. The lowest BCUT2D eigenvalue weighted by Gasteiger charge is -2.32. The molecule has 2 aliphatic rings. The predicted molar refractivity (Wildman–Crippen MR) is 61.0 cm³/mol. The molecular weight excluding hydrogens is 184 g/mol. The highest BCUT2D eigenvalue weighted by molar-refractivity contribution is 5.73. The molecule has 0 bridgehead atoms. The number of allylic oxidation sites excluding steroid dienone is 2. The van der Waals surface area contributed by atoms with Crippen molar-refractivity contribution in [2.75, 3.05) is 0 Å². The molecule has 3 rings (SSSR count). The van der Waals surface area contributed by atoms with Crippen LogP contribution in [0.15, 0.2) is 24.2 Å². The zero-order valence-electron chi connectivity index (χ0n) is 9.09. The molecule has 1 atom stereocenters. The van der Waals surface area contributed by atoms with Crippen molar-refractivity contribution >= 4 is 5.57 Å². The molecule has 0 radical (unpaired) electrons. The molecule has 0 saturated carbocycles. The topological polar surface area (TPSA) is 24.9 Å². The molecule has 1 aliphatic heterocycles. The molecule has 1 aliphatic carbocycles. The van der Waals surface area contributed by atoms with Crippen LogP contribution in [0.5, 0.6) is 0 Å². The first-order chi connectivity index (χ1) is 7.36. The van der Waals surface area contributed by atoms with Gasteiger partial charge in [-0.3, -0.25) is 4.98 Å². The van der Waals surface area contributed by atoms with E-state index in [4.69, 9.17) is 0 Å². The molecule has 1 aromatic heterocycles. The molecule has 1 N–H and O–H groups in total. The van der Waals surface area contributed by atoms with Crippen molar-refractivity contribution in [1.82, 2.24) is 10.3 Å². The Labute approximate surface area is 90.4 Å². The van der Waals surface area contributed by atoms with E-state index >= 15 is 0 Å². The zero-order chi connectivity index (χ0) is 10.3. The average Bonchev–Trinajstić information content (AvgIpc) is 2.29. The highest BCUT2D eigenvalue weighted by Gasteiger charge is 2.25. The van der Waals surface area contributed by atoms with Gasteiger partial charge in [-0.05, 0) is 42.4 Å². The maximum Gasteiger partial charge on any atom is 0.0405 e. The van der Waals surface area contributed by atoms with Gasteiger partial charge in [-0.15, -0.1) is 0 Å². The summed E-state index contributed by atoms with van der Waals surface area (Å²) in [7, 11) is 0. The monoisotopic (exact) mass is 200 g/mol. The van der Waals surface area contributed by atoms with E-state index in [1.54, 1.807) is 0 Å². The molecule has 0 aromatic carbocycles. The molecule has 1 aromatic rings. The minimum Gasteiger partial charge on any atom is -0.384 e. The number of hydrogen-bond donors (Lipinski definition) is 1. The van der Waals surface area contributed by atoms with Gasteiger partial charge in [-0.2, -0.15) is 0 Å². The van der Waals surface area contributed by atoms with Crippen molar-refractivity contribution in [3.8, 4) is 0 Å². The van der Waals surface area contributed by atoms with E-state index in [-0.39, 0.29) is 0 Å². The highest BCUT2D eigenvalue weighted by atomic mass is 14.9. The lowest BCUT2D eigenvalue weighted by Crippen LogP contribution is -2.25. The Kier molecular flexibility index (Phi) is 2.01. The van der Waals surface area contributed by atoms with Crippen LogP contribution in [-0.2, 0) is 6.54 Å². The summed E-state index contributed by atoms with van der Waals surface area (Å²) < 4.78 is 0. The van der Waals surface area contributed by atoms with Gasteiger partial charge in [0.1, 0.15) is 0 Å². The summed E-state index contributed by atoms with van der Waals surface area (Å²) in [6, 6.07) is 2.13. The van der Waals surface area contributed by atoms with Crippen molar-refractivity contribution in [3.05, 3.63) is 35.3 Å². The van der Waals surface area contributed by atoms with Crippen LogP contribution in [0.1, 0.15) is 37.3 Å². The molecule has 2 heterocycles. The number of fused-ring (bicyclic) bond motifs is 2. The third-order valence-electron chi connectivity index (χ3n) is 3.58. The van der Waals surface area contributed by atoms with Gasteiger partial charge in [0.25, 0.3) is 0 Å². The summed E-state index contributed by atoms with van der Waals surface area (Å²) in [5.74, 6) is 0.685. The Morgan fingerprint density at radius 2 is 2.40 bits per heavy atom. The third-order valence-corrected chi connectivity index (χ3v) is 3.58. The number of hydrogen-bond acceptors (Lipinski definition) is 2. The van der Waals surface area contributed by atoms with Gasteiger partial charge in [-0.1, -0.05) is 6.92 Å². The maximum absolute atomic E-state index is 4.26. The maximum atomic E-state index is 4.26. The summed E-state index contributed by atoms with van der Waals surface area (Å²) in [6.07, 6.45) is 7.78. The first-order valence-corrected chi connectivity index (χ1v) is 5.76. The van der Waals surface area contributed by atoms with Gasteiger partial charge < -0.3 is 5.32 Å². The number of pyridine rings is 1. The second-order valence-corrected chi connectivity index (χ2v) is 4.57. The van der Waals surface area contributed by atoms with E-state index in [2.05, 4.69) is 23.3 Å². The smallest absolute Gasteiger partial charge is 0.0405 e. The van der Waals surface area contributed by atoms with Crippen LogP contribution in [0.2, 0.25) is 0 Å². The van der Waals surface area contributed by atoms with Gasteiger partial charge in [-0.25, -0.2) is 0 Å². The van der Waals surface area contributed by atoms with Gasteiger partial charge in [0.2, 0.25) is 0 Å². The Hall–Kier alpha value is -1.31. The molecule has 2 heteroatoms. The molecule has 0 saturated heterocycles. The van der Waals surface area contributed by atoms with E-state index in [1.807, 2.05) is 12.4 Å². The minimum atomic E-state index is 0.685. The summed E-state index contributed by atoms with van der Waals surface area (Å²) in [5, 5.41) is 3.56. The molecule has 0 fully saturated rings. The Morgan fingerprint density at radius 1 is 1.47 bits per heavy atom. The van der Waals surface area contributed by atoms with E-state index in [0.29, 0.717) is 5.92 Å². The second-order valence-electron chi connectivity index (χ2n) is 4.57. The van der Waals surface area contributed by atoms with Gasteiger partial charge in [0, 0.05) is 30.2 Å². The van der Waals surface area contributed by atoms with Crippen LogP contribution in [0.4, 0.5) is 0 Å². The van der Waals surface area contributed by atoms with Crippen molar-refractivity contribution in [3.63, 3.8) is 0 Å². The van der Waals surface area contributed by atoms with Crippen molar-refractivity contribution < 1.29 is 0 Å². The van der Waals surface area contributed by atoms with Crippen LogP contribution < -0.4 is 5.32 Å². The second kappa shape index (κ2) is 3.37. The quantitative estimate of drug-likeness (QED) is 0.696. The number of rotatable bonds is 0. The standard InChI is InChI=1S/C13H16N2/c1-9-3-2-4-12-13(9)11-8-14-6-5-10(11)7-15-12/h5-6,8-9,15H,2-4,7H2,1H3. The largest absolute Gasteiger partial charge is 0.384 e. The predicted octanol–water partition coefficient (Wildman–Crippen LogP) is 2.72. The summed E-state index contributed by atoms with van der Waals surface area (Å²) in [5.41, 5.74) is 5.78. The lowest BCUT2D eigenvalue weighted by atomic mass is 9.80. The lowest BCUT2D eigenvalue weighted by molar-refractivity contribution is 0.549. The third kappa shape index (κ3) is 1.36. The first-order valence-electron chi connectivity index (χ1n) is 5.76. The Bertz CT molecular complexity index is 420. The highest BCUT2D eigenvalue weighted by Crippen LogP contribution is 2.39. The summed E-state index contributed by atoms with van der Waals surface area (Å²) in [4.78, 5) is 4.26. The van der Waals surface area contributed by atoms with Gasteiger partial charge in [0.05, 0.1) is 0 Å². The van der Waals surface area contributed by atoms with Gasteiger partial charge >= 0.3 is 0 Å². The van der Waals surface area contributed by atoms with Crippen molar-refractivity contribution in [1.29, 1.82) is 0 Å². The van der Waals surface area contributed by atoms with E-state index in [9.17, 15) is 0 Å². The van der Waals surface area contributed by atoms with Gasteiger partial charge in [0.15, 0.2) is 0 Å². The van der Waals surface area contributed by atoms with E-state index < -0.39 is 0 Å². The SMILES string of the molecule is CC1CCCC2=C1c1cnccc1CN2. The van der Waals surface area contributed by atoms with Crippen molar-refractivity contribution in [2.24, 2.45) is 5.92 Å². The Balaban J connectivity index is 2.16. The van der Waals surface area contributed by atoms with Crippen LogP contribution in [0.3, 0.4) is 0 Å². The molecule has 78 valence electrons. The fraction of sp³-hybridized carbons (Fsp3) is 0.462. The van der Waals surface area contributed by atoms with Crippen molar-refractivity contribution in [2.45, 2.75) is 32.7 Å². The molecule has 0 spiro atoms. The van der Waals surface area contributed by atoms with Crippen LogP contribution in [-0.4, -0.2) is 4.98 Å². The van der Waals surface area contributed by atoms with Crippen LogP contribution in [0, 0.1) is 5.92 Å². The zero-order valence-corrected chi connectivity index (χ0v) is 9.09. The molecular formula is C13H16N2. The minimum absolute atomic E-state index is 0.685. The Morgan fingerprint density at radius 3 is 3.33 bits per heavy atom. The first kappa shape index (κ1) is 8.96. The summed E-state index contributed by atoms with van der Waals surface area (Å²) >= 11 is 0.